The third kappa shape index (κ3) is 3.75. The van der Waals surface area contributed by atoms with Crippen LogP contribution in [0.2, 0.25) is 0 Å². The molecule has 0 spiro atoms. The van der Waals surface area contributed by atoms with Crippen molar-refractivity contribution in [2.24, 2.45) is 5.41 Å². The van der Waals surface area contributed by atoms with E-state index in [0.717, 1.165) is 5.56 Å². The zero-order valence-electron chi connectivity index (χ0n) is 12.4. The Morgan fingerprint density at radius 3 is 2.30 bits per heavy atom. The molecule has 0 saturated heterocycles. The molecule has 1 aromatic rings. The SMILES string of the molecule is CC(N(C)S(=O)(=O)c1ccc(CCl)cc1Br)C(C)(C)C. The molecule has 0 aliphatic heterocycles. The van der Waals surface area contributed by atoms with E-state index < -0.39 is 10.0 Å². The Balaban J connectivity index is 3.24. The monoisotopic (exact) mass is 381 g/mol. The number of alkyl halides is 1. The Morgan fingerprint density at radius 1 is 1.35 bits per heavy atom. The first-order valence-corrected chi connectivity index (χ1v) is 9.11. The Hall–Kier alpha value is -0.100. The molecule has 114 valence electrons. The van der Waals surface area contributed by atoms with Crippen LogP contribution >= 0.6 is 27.5 Å². The smallest absolute Gasteiger partial charge is 0.207 e. The van der Waals surface area contributed by atoms with Gasteiger partial charge in [-0.3, -0.25) is 0 Å². The van der Waals surface area contributed by atoms with Gasteiger partial charge in [0.1, 0.15) is 0 Å². The van der Waals surface area contributed by atoms with Crippen molar-refractivity contribution in [2.45, 2.75) is 44.5 Å². The standard InChI is InChI=1S/C14H21BrClNO2S/c1-10(14(2,3)4)17(5)20(18,19)13-7-6-11(9-16)8-12(13)15/h6-8,10H,9H2,1-5H3. The highest BCUT2D eigenvalue weighted by Crippen LogP contribution is 2.31. The van der Waals surface area contributed by atoms with Gasteiger partial charge in [-0.05, 0) is 46.0 Å². The summed E-state index contributed by atoms with van der Waals surface area (Å²) in [7, 11) is -1.92. The van der Waals surface area contributed by atoms with Gasteiger partial charge in [-0.1, -0.05) is 26.8 Å². The molecule has 1 atom stereocenters. The van der Waals surface area contributed by atoms with Crippen molar-refractivity contribution in [2.75, 3.05) is 7.05 Å². The molecule has 0 radical (unpaired) electrons. The van der Waals surface area contributed by atoms with Crippen molar-refractivity contribution >= 4 is 37.6 Å². The number of sulfonamides is 1. The average Bonchev–Trinajstić information content (AvgIpc) is 2.35. The van der Waals surface area contributed by atoms with E-state index in [4.69, 9.17) is 11.6 Å². The van der Waals surface area contributed by atoms with Crippen LogP contribution < -0.4 is 0 Å². The van der Waals surface area contributed by atoms with Crippen molar-refractivity contribution in [3.05, 3.63) is 28.2 Å². The second-order valence-corrected chi connectivity index (χ2v) is 9.05. The highest BCUT2D eigenvalue weighted by Gasteiger charge is 2.33. The van der Waals surface area contributed by atoms with Gasteiger partial charge in [0.2, 0.25) is 10.0 Å². The Bertz CT molecular complexity index is 581. The van der Waals surface area contributed by atoms with Crippen molar-refractivity contribution in [1.82, 2.24) is 4.31 Å². The molecule has 0 amide bonds. The first kappa shape index (κ1) is 18.0. The van der Waals surface area contributed by atoms with Gasteiger partial charge in [-0.15, -0.1) is 11.6 Å². The van der Waals surface area contributed by atoms with Crippen molar-refractivity contribution in [1.29, 1.82) is 0 Å². The summed E-state index contributed by atoms with van der Waals surface area (Å²) in [5.74, 6) is 0.354. The zero-order chi connectivity index (χ0) is 15.7. The molecule has 1 rings (SSSR count). The lowest BCUT2D eigenvalue weighted by molar-refractivity contribution is 0.216. The number of halogens is 2. The van der Waals surface area contributed by atoms with E-state index in [-0.39, 0.29) is 16.4 Å². The van der Waals surface area contributed by atoms with Crippen LogP contribution in [0.5, 0.6) is 0 Å². The number of nitrogens with zero attached hydrogens (tertiary/aromatic N) is 1. The molecule has 6 heteroatoms. The molecular formula is C14H21BrClNO2S. The maximum atomic E-state index is 12.7. The fourth-order valence-corrected chi connectivity index (χ4v) is 4.54. The molecule has 0 fully saturated rings. The number of hydrogen-bond acceptors (Lipinski definition) is 2. The van der Waals surface area contributed by atoms with Crippen molar-refractivity contribution in [3.63, 3.8) is 0 Å². The molecule has 0 aliphatic rings. The Kier molecular flexibility index (Phi) is 5.69. The molecule has 3 nitrogen and oxygen atoms in total. The van der Waals surface area contributed by atoms with E-state index in [2.05, 4.69) is 15.9 Å². The van der Waals surface area contributed by atoms with E-state index in [1.807, 2.05) is 27.7 Å². The second kappa shape index (κ2) is 6.34. The van der Waals surface area contributed by atoms with Crippen LogP contribution in [0.1, 0.15) is 33.3 Å². The van der Waals surface area contributed by atoms with E-state index >= 15 is 0 Å². The lowest BCUT2D eigenvalue weighted by atomic mass is 9.88. The summed E-state index contributed by atoms with van der Waals surface area (Å²) in [6, 6.07) is 4.96. The van der Waals surface area contributed by atoms with E-state index in [1.165, 1.54) is 4.31 Å². The molecule has 20 heavy (non-hydrogen) atoms. The lowest BCUT2D eigenvalue weighted by Crippen LogP contribution is -2.42. The van der Waals surface area contributed by atoms with Gasteiger partial charge in [0.15, 0.2) is 0 Å². The molecular weight excluding hydrogens is 362 g/mol. The third-order valence-electron chi connectivity index (χ3n) is 3.61. The maximum Gasteiger partial charge on any atom is 0.244 e. The molecule has 0 bridgehead atoms. The van der Waals surface area contributed by atoms with Gasteiger partial charge in [0, 0.05) is 23.4 Å². The van der Waals surface area contributed by atoms with Gasteiger partial charge < -0.3 is 0 Å². The summed E-state index contributed by atoms with van der Waals surface area (Å²) in [5, 5.41) is 0. The van der Waals surface area contributed by atoms with Crippen LogP contribution in [0.3, 0.4) is 0 Å². The van der Waals surface area contributed by atoms with Gasteiger partial charge in [-0.25, -0.2) is 8.42 Å². The van der Waals surface area contributed by atoms with Gasteiger partial charge >= 0.3 is 0 Å². The normalized spacial score (nSPS) is 14.6. The third-order valence-corrected chi connectivity index (χ3v) is 6.82. The predicted octanol–water partition coefficient (Wildman–Crippen LogP) is 4.24. The molecule has 1 unspecified atom stereocenters. The largest absolute Gasteiger partial charge is 0.244 e. The fraction of sp³-hybridized carbons (Fsp3) is 0.571. The minimum Gasteiger partial charge on any atom is -0.207 e. The van der Waals surface area contributed by atoms with E-state index in [0.29, 0.717) is 10.4 Å². The van der Waals surface area contributed by atoms with Crippen LogP contribution in [0, 0.1) is 5.41 Å². The highest BCUT2D eigenvalue weighted by molar-refractivity contribution is 9.10. The van der Waals surface area contributed by atoms with Crippen LogP contribution in [0.4, 0.5) is 0 Å². The molecule has 0 N–H and O–H groups in total. The number of rotatable bonds is 4. The molecule has 0 aromatic heterocycles. The van der Waals surface area contributed by atoms with Crippen LogP contribution in [0.15, 0.2) is 27.6 Å². The van der Waals surface area contributed by atoms with Gasteiger partial charge in [-0.2, -0.15) is 4.31 Å². The predicted molar refractivity (Wildman–Crippen MR) is 87.6 cm³/mol. The van der Waals surface area contributed by atoms with E-state index in [9.17, 15) is 8.42 Å². The summed E-state index contributed by atoms with van der Waals surface area (Å²) < 4.78 is 27.4. The fourth-order valence-electron chi connectivity index (χ4n) is 1.75. The van der Waals surface area contributed by atoms with Gasteiger partial charge in [0.25, 0.3) is 0 Å². The molecule has 1 aromatic carbocycles. The first-order valence-electron chi connectivity index (χ1n) is 6.34. The number of benzene rings is 1. The highest BCUT2D eigenvalue weighted by atomic mass is 79.9. The minimum absolute atomic E-state index is 0.118. The van der Waals surface area contributed by atoms with Crippen LogP contribution in [-0.2, 0) is 15.9 Å². The zero-order valence-corrected chi connectivity index (χ0v) is 15.6. The minimum atomic E-state index is -3.53. The van der Waals surface area contributed by atoms with Gasteiger partial charge in [0.05, 0.1) is 4.90 Å². The molecule has 0 heterocycles. The Labute approximate surface area is 135 Å². The Morgan fingerprint density at radius 2 is 1.90 bits per heavy atom. The van der Waals surface area contributed by atoms with Crippen LogP contribution in [-0.4, -0.2) is 25.8 Å². The summed E-state index contributed by atoms with van der Waals surface area (Å²) >= 11 is 9.08. The second-order valence-electron chi connectivity index (χ2n) is 5.96. The lowest BCUT2D eigenvalue weighted by Gasteiger charge is -2.34. The molecule has 0 saturated carbocycles. The van der Waals surface area contributed by atoms with Crippen molar-refractivity contribution < 1.29 is 8.42 Å². The topological polar surface area (TPSA) is 37.4 Å². The van der Waals surface area contributed by atoms with Crippen LogP contribution in [0.25, 0.3) is 0 Å². The first-order chi connectivity index (χ1) is 9.01. The van der Waals surface area contributed by atoms with Crippen molar-refractivity contribution in [3.8, 4) is 0 Å². The summed E-state index contributed by atoms with van der Waals surface area (Å²) in [4.78, 5) is 0.268. The van der Waals surface area contributed by atoms with E-state index in [1.54, 1.807) is 25.2 Å². The summed E-state index contributed by atoms with van der Waals surface area (Å²) in [6.07, 6.45) is 0. The quantitative estimate of drug-likeness (QED) is 0.730. The number of hydrogen-bond donors (Lipinski definition) is 0. The summed E-state index contributed by atoms with van der Waals surface area (Å²) in [5.41, 5.74) is 0.744. The maximum absolute atomic E-state index is 12.7. The summed E-state index contributed by atoms with van der Waals surface area (Å²) in [6.45, 7) is 7.98. The average molecular weight is 383 g/mol. The molecule has 0 aliphatic carbocycles.